The lowest BCUT2D eigenvalue weighted by Crippen LogP contribution is -2.34. The molecule has 1 aromatic rings. The molecule has 0 aromatic heterocycles. The van der Waals surface area contributed by atoms with Crippen molar-refractivity contribution in [2.75, 3.05) is 24.5 Å². The highest BCUT2D eigenvalue weighted by molar-refractivity contribution is 9.10. The van der Waals surface area contributed by atoms with Crippen LogP contribution in [0.5, 0.6) is 0 Å². The second kappa shape index (κ2) is 8.36. The van der Waals surface area contributed by atoms with Crippen molar-refractivity contribution < 1.29 is 9.59 Å². The van der Waals surface area contributed by atoms with E-state index in [0.29, 0.717) is 19.6 Å². The Labute approximate surface area is 138 Å². The van der Waals surface area contributed by atoms with Gasteiger partial charge in [0.25, 0.3) is 0 Å². The number of anilines is 1. The first kappa shape index (κ1) is 17.9. The smallest absolute Gasteiger partial charge is 0.227 e. The number of halogens is 2. The van der Waals surface area contributed by atoms with E-state index in [0.717, 1.165) is 16.6 Å². The minimum atomic E-state index is -0.285. The average molecular weight is 377 g/mol. The highest BCUT2D eigenvalue weighted by Crippen LogP contribution is 2.31. The second-order valence-electron chi connectivity index (χ2n) is 4.79. The van der Waals surface area contributed by atoms with Gasteiger partial charge in [-0.1, -0.05) is 12.1 Å². The predicted octanol–water partition coefficient (Wildman–Crippen LogP) is 1.69. The molecule has 1 aromatic carbocycles. The van der Waals surface area contributed by atoms with E-state index in [9.17, 15) is 9.59 Å². The maximum absolute atomic E-state index is 12.1. The van der Waals surface area contributed by atoms with Crippen LogP contribution < -0.4 is 16.0 Å². The fourth-order valence-electron chi connectivity index (χ4n) is 2.24. The van der Waals surface area contributed by atoms with E-state index in [-0.39, 0.29) is 36.6 Å². The Morgan fingerprint density at radius 3 is 2.81 bits per heavy atom. The maximum atomic E-state index is 12.1. The minimum Gasteiger partial charge on any atom is -0.356 e. The molecule has 5 nitrogen and oxygen atoms in total. The molecule has 1 heterocycles. The van der Waals surface area contributed by atoms with Gasteiger partial charge in [0, 0.05) is 24.0 Å². The maximum Gasteiger partial charge on any atom is 0.227 e. The van der Waals surface area contributed by atoms with Gasteiger partial charge >= 0.3 is 0 Å². The van der Waals surface area contributed by atoms with Crippen molar-refractivity contribution in [1.29, 1.82) is 0 Å². The molecule has 1 saturated heterocycles. The molecule has 0 saturated carbocycles. The number of para-hydroxylation sites is 1. The minimum absolute atomic E-state index is 0. The van der Waals surface area contributed by atoms with Crippen molar-refractivity contribution in [3.8, 4) is 0 Å². The lowest BCUT2D eigenvalue weighted by molar-refractivity contribution is -0.126. The van der Waals surface area contributed by atoms with Gasteiger partial charge in [-0.25, -0.2) is 0 Å². The fourth-order valence-corrected chi connectivity index (χ4v) is 2.74. The number of amides is 2. The molecule has 1 unspecified atom stereocenters. The van der Waals surface area contributed by atoms with Crippen molar-refractivity contribution in [2.24, 2.45) is 11.7 Å². The van der Waals surface area contributed by atoms with Gasteiger partial charge in [-0.05, 0) is 41.0 Å². The number of benzene rings is 1. The lowest BCUT2D eigenvalue weighted by Gasteiger charge is -2.18. The Kier molecular flexibility index (Phi) is 7.14. The summed E-state index contributed by atoms with van der Waals surface area (Å²) < 4.78 is 0.859. The van der Waals surface area contributed by atoms with Gasteiger partial charge in [-0.3, -0.25) is 9.59 Å². The number of carbonyl (C=O) groups is 2. The number of carbonyl (C=O) groups excluding carboxylic acids is 2. The third-order valence-corrected chi connectivity index (χ3v) is 3.99. The third-order valence-electron chi connectivity index (χ3n) is 3.32. The fraction of sp³-hybridized carbons (Fsp3) is 0.429. The van der Waals surface area contributed by atoms with E-state index in [2.05, 4.69) is 21.2 Å². The van der Waals surface area contributed by atoms with Crippen LogP contribution in [0.3, 0.4) is 0 Å². The van der Waals surface area contributed by atoms with E-state index >= 15 is 0 Å². The molecule has 2 rings (SSSR count). The third kappa shape index (κ3) is 4.43. The summed E-state index contributed by atoms with van der Waals surface area (Å²) >= 11 is 3.43. The largest absolute Gasteiger partial charge is 0.356 e. The van der Waals surface area contributed by atoms with Crippen LogP contribution in [0.2, 0.25) is 0 Å². The van der Waals surface area contributed by atoms with Gasteiger partial charge in [0.15, 0.2) is 0 Å². The van der Waals surface area contributed by atoms with Crippen molar-refractivity contribution in [3.63, 3.8) is 0 Å². The first-order valence-corrected chi connectivity index (χ1v) is 7.45. The predicted molar refractivity (Wildman–Crippen MR) is 88.5 cm³/mol. The average Bonchev–Trinajstić information content (AvgIpc) is 2.81. The molecule has 0 radical (unpaired) electrons. The van der Waals surface area contributed by atoms with E-state index in [1.807, 2.05) is 24.3 Å². The quantitative estimate of drug-likeness (QED) is 0.768. The molecule has 21 heavy (non-hydrogen) atoms. The summed E-state index contributed by atoms with van der Waals surface area (Å²) in [6, 6.07) is 7.53. The zero-order chi connectivity index (χ0) is 14.5. The molecule has 2 amide bonds. The highest BCUT2D eigenvalue weighted by Gasteiger charge is 2.35. The molecule has 0 spiro atoms. The molecule has 0 bridgehead atoms. The van der Waals surface area contributed by atoms with Gasteiger partial charge in [0.2, 0.25) is 11.8 Å². The molecule has 1 fully saturated rings. The molecule has 1 atom stereocenters. The first-order valence-electron chi connectivity index (χ1n) is 6.66. The summed E-state index contributed by atoms with van der Waals surface area (Å²) in [4.78, 5) is 25.7. The van der Waals surface area contributed by atoms with Crippen LogP contribution in [-0.2, 0) is 9.59 Å². The van der Waals surface area contributed by atoms with Crippen LogP contribution in [0.4, 0.5) is 5.69 Å². The summed E-state index contributed by atoms with van der Waals surface area (Å²) in [6.07, 6.45) is 1.01. The van der Waals surface area contributed by atoms with Crippen LogP contribution >= 0.6 is 28.3 Å². The van der Waals surface area contributed by atoms with Gasteiger partial charge in [0.05, 0.1) is 11.6 Å². The van der Waals surface area contributed by atoms with Crippen LogP contribution in [0.25, 0.3) is 0 Å². The van der Waals surface area contributed by atoms with Crippen molar-refractivity contribution in [3.05, 3.63) is 28.7 Å². The summed E-state index contributed by atoms with van der Waals surface area (Å²) in [5, 5.41) is 2.82. The van der Waals surface area contributed by atoms with Gasteiger partial charge < -0.3 is 16.0 Å². The molecule has 0 aliphatic carbocycles. The van der Waals surface area contributed by atoms with Gasteiger partial charge in [-0.15, -0.1) is 12.4 Å². The van der Waals surface area contributed by atoms with Crippen LogP contribution in [-0.4, -0.2) is 31.4 Å². The Balaban J connectivity index is 0.00000220. The monoisotopic (exact) mass is 375 g/mol. The second-order valence-corrected chi connectivity index (χ2v) is 5.64. The Bertz CT molecular complexity index is 513. The SMILES string of the molecule is Cl.NCCCNC(=O)C1CC(=O)N(c2ccccc2Br)C1. The van der Waals surface area contributed by atoms with E-state index < -0.39 is 0 Å². The normalized spacial score (nSPS) is 17.5. The summed E-state index contributed by atoms with van der Waals surface area (Å²) in [5.74, 6) is -0.371. The van der Waals surface area contributed by atoms with Crippen LogP contribution in [0, 0.1) is 5.92 Å². The van der Waals surface area contributed by atoms with E-state index in [1.54, 1.807) is 4.90 Å². The highest BCUT2D eigenvalue weighted by atomic mass is 79.9. The van der Waals surface area contributed by atoms with Crippen LogP contribution in [0.1, 0.15) is 12.8 Å². The zero-order valence-electron chi connectivity index (χ0n) is 11.5. The van der Waals surface area contributed by atoms with Crippen molar-refractivity contribution in [1.82, 2.24) is 5.32 Å². The number of rotatable bonds is 5. The first-order chi connectivity index (χ1) is 9.63. The Hall–Kier alpha value is -1.11. The number of nitrogens with zero attached hydrogens (tertiary/aromatic N) is 1. The number of nitrogens with two attached hydrogens (primary N) is 1. The standard InChI is InChI=1S/C14H18BrN3O2.ClH/c15-11-4-1-2-5-12(11)18-9-10(8-13(18)19)14(20)17-7-3-6-16;/h1-2,4-5,10H,3,6-9,16H2,(H,17,20);1H. The molecule has 1 aliphatic heterocycles. The van der Waals surface area contributed by atoms with Crippen LogP contribution in [0.15, 0.2) is 28.7 Å². The van der Waals surface area contributed by atoms with Crippen molar-refractivity contribution in [2.45, 2.75) is 12.8 Å². The zero-order valence-corrected chi connectivity index (χ0v) is 14.0. The summed E-state index contributed by atoms with van der Waals surface area (Å²) in [6.45, 7) is 1.54. The molecule has 116 valence electrons. The Morgan fingerprint density at radius 1 is 1.43 bits per heavy atom. The van der Waals surface area contributed by atoms with Crippen molar-refractivity contribution >= 4 is 45.8 Å². The molecule has 3 N–H and O–H groups in total. The summed E-state index contributed by atoms with van der Waals surface area (Å²) in [7, 11) is 0. The van der Waals surface area contributed by atoms with E-state index in [4.69, 9.17) is 5.73 Å². The topological polar surface area (TPSA) is 75.4 Å². The van der Waals surface area contributed by atoms with Gasteiger partial charge in [-0.2, -0.15) is 0 Å². The molecular weight excluding hydrogens is 358 g/mol. The number of hydrogen-bond acceptors (Lipinski definition) is 3. The number of nitrogens with one attached hydrogen (secondary N) is 1. The molecule has 7 heteroatoms. The Morgan fingerprint density at radius 2 is 2.14 bits per heavy atom. The molecular formula is C14H19BrClN3O2. The number of hydrogen-bond donors (Lipinski definition) is 2. The summed E-state index contributed by atoms with van der Waals surface area (Å²) in [5.41, 5.74) is 6.20. The van der Waals surface area contributed by atoms with Gasteiger partial charge in [0.1, 0.15) is 0 Å². The van der Waals surface area contributed by atoms with E-state index in [1.165, 1.54) is 0 Å². The molecule has 1 aliphatic rings. The lowest BCUT2D eigenvalue weighted by atomic mass is 10.1.